The minimum absolute atomic E-state index is 0.340. The number of nitrogens with one attached hydrogen (secondary N) is 1. The first kappa shape index (κ1) is 40.6. The summed E-state index contributed by atoms with van der Waals surface area (Å²) in [5.41, 5.74) is 17.9. The molecule has 4 aliphatic rings. The Balaban J connectivity index is 0.865. The van der Waals surface area contributed by atoms with Crippen molar-refractivity contribution in [2.45, 2.75) is 43.7 Å². The zero-order valence-electron chi connectivity index (χ0n) is 37.5. The second-order valence-electron chi connectivity index (χ2n) is 18.4. The van der Waals surface area contributed by atoms with Crippen LogP contribution >= 0.6 is 0 Å². The van der Waals surface area contributed by atoms with Crippen LogP contribution in [-0.4, -0.2) is 11.7 Å². The lowest BCUT2D eigenvalue weighted by Crippen LogP contribution is -2.36. The van der Waals surface area contributed by atoms with Crippen molar-refractivity contribution in [1.82, 2.24) is 5.32 Å². The molecule has 3 nitrogen and oxygen atoms in total. The summed E-state index contributed by atoms with van der Waals surface area (Å²) in [5, 5.41) is 6.54. The molecular formula is C64H51N3. The third-order valence-corrected chi connectivity index (χ3v) is 14.5. The maximum absolute atomic E-state index is 5.34. The summed E-state index contributed by atoms with van der Waals surface area (Å²) in [5.74, 6) is 2.93. The molecule has 0 spiro atoms. The SMILES string of the molecule is C1=C(C2=NC(c3cccc(-c4ccccc4)c3)N=C(c3cccc(-c4ccccc4)c3)N2)CCC(c2ccc(C3=c4ccccc4=C4CC(c5ccccc5)CC(c5ccccc5)C43)cc2)=C1. The number of nitrogens with zero attached hydrogens (tertiary/aromatic N) is 2. The van der Waals surface area contributed by atoms with E-state index in [2.05, 4.69) is 236 Å². The zero-order valence-corrected chi connectivity index (χ0v) is 37.5. The van der Waals surface area contributed by atoms with Gasteiger partial charge in [-0.1, -0.05) is 224 Å². The molecule has 3 heteroatoms. The summed E-state index contributed by atoms with van der Waals surface area (Å²) in [6, 6.07) is 79.6. The molecule has 8 aromatic rings. The van der Waals surface area contributed by atoms with Crippen LogP contribution in [0.25, 0.3) is 39.0 Å². The van der Waals surface area contributed by atoms with Gasteiger partial charge in [0.2, 0.25) is 0 Å². The van der Waals surface area contributed by atoms with Crippen LogP contribution in [0, 0.1) is 5.92 Å². The summed E-state index contributed by atoms with van der Waals surface area (Å²) < 4.78 is 0. The molecular weight excluding hydrogens is 811 g/mol. The molecule has 3 aliphatic carbocycles. The van der Waals surface area contributed by atoms with Gasteiger partial charge in [0, 0.05) is 11.5 Å². The second-order valence-corrected chi connectivity index (χ2v) is 18.4. The molecule has 4 unspecified atom stereocenters. The summed E-state index contributed by atoms with van der Waals surface area (Å²) in [6.45, 7) is 0. The van der Waals surface area contributed by atoms with E-state index < -0.39 is 0 Å². The van der Waals surface area contributed by atoms with Crippen LogP contribution in [0.4, 0.5) is 0 Å². The van der Waals surface area contributed by atoms with Crippen molar-refractivity contribution in [3.05, 3.63) is 280 Å². The van der Waals surface area contributed by atoms with Crippen LogP contribution in [0.3, 0.4) is 0 Å². The van der Waals surface area contributed by atoms with Crippen LogP contribution in [0.2, 0.25) is 0 Å². The molecule has 12 rings (SSSR count). The summed E-state index contributed by atoms with van der Waals surface area (Å²) >= 11 is 0. The van der Waals surface area contributed by atoms with Crippen LogP contribution in [0.1, 0.15) is 77.1 Å². The highest BCUT2D eigenvalue weighted by atomic mass is 15.2. The lowest BCUT2D eigenvalue weighted by atomic mass is 9.65. The molecule has 8 aromatic carbocycles. The smallest absolute Gasteiger partial charge is 0.169 e. The second kappa shape index (κ2) is 17.8. The Morgan fingerprint density at radius 2 is 0.910 bits per heavy atom. The van der Waals surface area contributed by atoms with Gasteiger partial charge in [-0.05, 0) is 127 Å². The summed E-state index contributed by atoms with van der Waals surface area (Å²) in [4.78, 5) is 10.6. The number of hydrogen-bond donors (Lipinski definition) is 1. The van der Waals surface area contributed by atoms with E-state index in [4.69, 9.17) is 9.98 Å². The van der Waals surface area contributed by atoms with Crippen LogP contribution in [0.15, 0.2) is 246 Å². The number of aliphatic imine (C=N–C) groups is 2. The van der Waals surface area contributed by atoms with Crippen molar-refractivity contribution < 1.29 is 0 Å². The molecule has 1 fully saturated rings. The van der Waals surface area contributed by atoms with Crippen molar-refractivity contribution in [1.29, 1.82) is 0 Å². The number of amidine groups is 2. The van der Waals surface area contributed by atoms with E-state index in [9.17, 15) is 0 Å². The molecule has 4 atom stereocenters. The van der Waals surface area contributed by atoms with Crippen LogP contribution in [-0.2, 0) is 0 Å². The van der Waals surface area contributed by atoms with Gasteiger partial charge >= 0.3 is 0 Å². The quantitative estimate of drug-likeness (QED) is 0.154. The van der Waals surface area contributed by atoms with Gasteiger partial charge in [0.15, 0.2) is 6.17 Å². The van der Waals surface area contributed by atoms with Crippen molar-refractivity contribution >= 4 is 28.4 Å². The van der Waals surface area contributed by atoms with Gasteiger partial charge in [-0.15, -0.1) is 0 Å². The van der Waals surface area contributed by atoms with Gasteiger partial charge in [-0.2, -0.15) is 0 Å². The fourth-order valence-electron chi connectivity index (χ4n) is 11.2. The number of allylic oxidation sites excluding steroid dienone is 3. The molecule has 1 N–H and O–H groups in total. The minimum atomic E-state index is -0.389. The third-order valence-electron chi connectivity index (χ3n) is 14.5. The van der Waals surface area contributed by atoms with Gasteiger partial charge in [-0.25, -0.2) is 9.98 Å². The largest absolute Gasteiger partial charge is 0.325 e. The van der Waals surface area contributed by atoms with Crippen LogP contribution in [0.5, 0.6) is 0 Å². The molecule has 0 saturated heterocycles. The minimum Gasteiger partial charge on any atom is -0.325 e. The van der Waals surface area contributed by atoms with E-state index in [0.717, 1.165) is 59.6 Å². The maximum Gasteiger partial charge on any atom is 0.169 e. The monoisotopic (exact) mass is 861 g/mol. The Morgan fingerprint density at radius 3 is 1.60 bits per heavy atom. The molecule has 1 aliphatic heterocycles. The van der Waals surface area contributed by atoms with Crippen LogP contribution < -0.4 is 15.8 Å². The van der Waals surface area contributed by atoms with Crippen molar-refractivity contribution in [2.24, 2.45) is 15.9 Å². The Labute approximate surface area is 393 Å². The molecule has 0 bridgehead atoms. The molecule has 67 heavy (non-hydrogen) atoms. The first-order chi connectivity index (χ1) is 33.2. The molecule has 0 amide bonds. The molecule has 0 aromatic heterocycles. The number of rotatable bonds is 9. The highest BCUT2D eigenvalue weighted by molar-refractivity contribution is 6.16. The fourth-order valence-corrected chi connectivity index (χ4v) is 11.2. The van der Waals surface area contributed by atoms with Gasteiger partial charge in [0.05, 0.1) is 0 Å². The number of benzene rings is 8. The average molecular weight is 862 g/mol. The molecule has 1 heterocycles. The van der Waals surface area contributed by atoms with E-state index in [1.165, 1.54) is 60.5 Å². The van der Waals surface area contributed by atoms with Gasteiger partial charge in [-0.3, -0.25) is 0 Å². The standard InChI is InChI=1S/C64H51N3/c1-5-17-43(18-6-1)51-25-15-27-53(39-51)63-65-62(66-64(67-63)54-28-16-26-52(40-54)44-19-7-2-8-20-44)50-37-33-47(34-38-50)46-31-35-49(36-32-46)60-57-30-14-13-29-56(57)59-42-55(45-21-9-3-10-22-45)41-58(61(59)60)48-23-11-4-12-24-48/h1-33,35-37,39-40,55,58,61,63H,34,38,41-42H2,(H,65,66,67). The Kier molecular flexibility index (Phi) is 10.8. The van der Waals surface area contributed by atoms with Crippen molar-refractivity contribution in [3.8, 4) is 22.3 Å². The fraction of sp³-hybridized carbons (Fsp3) is 0.125. The summed E-state index contributed by atoms with van der Waals surface area (Å²) in [7, 11) is 0. The van der Waals surface area contributed by atoms with E-state index in [1.54, 1.807) is 5.57 Å². The maximum atomic E-state index is 5.34. The molecule has 0 radical (unpaired) electrons. The predicted molar refractivity (Wildman–Crippen MR) is 278 cm³/mol. The highest BCUT2D eigenvalue weighted by Gasteiger charge is 2.41. The van der Waals surface area contributed by atoms with Crippen molar-refractivity contribution in [3.63, 3.8) is 0 Å². The first-order valence-corrected chi connectivity index (χ1v) is 23.9. The lowest BCUT2D eigenvalue weighted by Gasteiger charge is -2.39. The summed E-state index contributed by atoms with van der Waals surface area (Å²) in [6.07, 6.45) is 8.22. The van der Waals surface area contributed by atoms with E-state index in [-0.39, 0.29) is 6.17 Å². The van der Waals surface area contributed by atoms with E-state index in [1.807, 2.05) is 0 Å². The Bertz CT molecular complexity index is 3360. The highest BCUT2D eigenvalue weighted by Crippen LogP contribution is 2.53. The van der Waals surface area contributed by atoms with E-state index in [0.29, 0.717) is 17.8 Å². The van der Waals surface area contributed by atoms with E-state index >= 15 is 0 Å². The number of fused-ring (bicyclic) bond motifs is 2. The zero-order chi connectivity index (χ0) is 44.5. The van der Waals surface area contributed by atoms with Gasteiger partial charge < -0.3 is 5.32 Å². The van der Waals surface area contributed by atoms with Gasteiger partial charge in [0.25, 0.3) is 0 Å². The Morgan fingerprint density at radius 1 is 0.388 bits per heavy atom. The predicted octanol–water partition coefficient (Wildman–Crippen LogP) is 13.6. The molecule has 1 saturated carbocycles. The molecule has 322 valence electrons. The normalized spacial score (nSPS) is 19.8. The topological polar surface area (TPSA) is 36.8 Å². The van der Waals surface area contributed by atoms with Gasteiger partial charge in [0.1, 0.15) is 11.7 Å². The van der Waals surface area contributed by atoms with Crippen molar-refractivity contribution in [2.75, 3.05) is 0 Å². The first-order valence-electron chi connectivity index (χ1n) is 23.9. The Hall–Kier alpha value is -7.88. The average Bonchev–Trinajstić information content (AvgIpc) is 3.76. The third kappa shape index (κ3) is 8.02. The lowest BCUT2D eigenvalue weighted by molar-refractivity contribution is 0.449. The number of hydrogen-bond acceptors (Lipinski definition) is 3.